The van der Waals surface area contributed by atoms with Gasteiger partial charge >= 0.3 is 0 Å². The van der Waals surface area contributed by atoms with Crippen LogP contribution in [-0.2, 0) is 0 Å². The molecule has 56 valence electrons. The normalized spacial score (nSPS) is 15.3. The molecular formula is C4N8. The minimum Gasteiger partial charge on any atom is -0.124 e. The predicted octanol–water partition coefficient (Wildman–Crippen LogP) is -0.260. The highest BCUT2D eigenvalue weighted by Crippen LogP contribution is 2.23. The largest absolute Gasteiger partial charge is 0.228 e. The molecule has 0 bridgehead atoms. The minimum absolute atomic E-state index is 0.366. The van der Waals surface area contributed by atoms with Gasteiger partial charge in [-0.05, 0) is 10.4 Å². The second-order valence-electron chi connectivity index (χ2n) is 2.12. The van der Waals surface area contributed by atoms with E-state index in [1.165, 1.54) is 0 Å². The number of fused-ring (bicyclic) bond motifs is 3. The maximum atomic E-state index is 3.71. The highest BCUT2D eigenvalue weighted by atomic mass is 15.5. The summed E-state index contributed by atoms with van der Waals surface area (Å²) in [6.07, 6.45) is 0. The topological polar surface area (TPSA) is 99.9 Å². The molecule has 3 rings (SSSR count). The van der Waals surface area contributed by atoms with Gasteiger partial charge in [0, 0.05) is 0 Å². The molecule has 0 unspecified atom stereocenters. The molecule has 0 amide bonds. The summed E-state index contributed by atoms with van der Waals surface area (Å²) < 4.78 is 0. The molecule has 0 N–H and O–H groups in total. The average molecular weight is 160 g/mol. The molecule has 0 fully saturated rings. The Morgan fingerprint density at radius 3 is 1.67 bits per heavy atom. The molecule has 0 saturated heterocycles. The first kappa shape index (κ1) is 5.52. The molecule has 0 radical (unpaired) electrons. The zero-order chi connectivity index (χ0) is 7.97. The molecule has 0 spiro atoms. The van der Waals surface area contributed by atoms with Gasteiger partial charge in [-0.25, -0.2) is 0 Å². The monoisotopic (exact) mass is 160 g/mol. The predicted molar refractivity (Wildman–Crippen MR) is 33.4 cm³/mol. The minimum atomic E-state index is 0.366. The number of hydrogen-bond donors (Lipinski definition) is 0. The van der Waals surface area contributed by atoms with Crippen molar-refractivity contribution in [1.29, 1.82) is 0 Å². The van der Waals surface area contributed by atoms with E-state index < -0.39 is 0 Å². The van der Waals surface area contributed by atoms with Crippen molar-refractivity contribution in [2.24, 2.45) is 30.9 Å². The second kappa shape index (κ2) is 1.72. The molecule has 1 aromatic rings. The first-order chi connectivity index (χ1) is 5.95. The van der Waals surface area contributed by atoms with E-state index in [2.05, 4.69) is 41.1 Å². The summed E-state index contributed by atoms with van der Waals surface area (Å²) in [5, 5.41) is 29.0. The summed E-state index contributed by atoms with van der Waals surface area (Å²) in [6.45, 7) is 0. The van der Waals surface area contributed by atoms with Gasteiger partial charge in [0.25, 0.3) is 0 Å². The van der Waals surface area contributed by atoms with Crippen LogP contribution < -0.4 is 11.0 Å². The van der Waals surface area contributed by atoms with Gasteiger partial charge in [0.2, 0.25) is 11.0 Å². The quantitative estimate of drug-likeness (QED) is 0.522. The lowest BCUT2D eigenvalue weighted by Crippen LogP contribution is -2.17. The summed E-state index contributed by atoms with van der Waals surface area (Å²) >= 11 is 0. The molecule has 2 aliphatic heterocycles. The van der Waals surface area contributed by atoms with Gasteiger partial charge in [-0.2, -0.15) is 0 Å². The van der Waals surface area contributed by atoms with Crippen LogP contribution in [0.2, 0.25) is 0 Å². The lowest BCUT2D eigenvalue weighted by molar-refractivity contribution is 0.902. The summed E-state index contributed by atoms with van der Waals surface area (Å²) in [6, 6.07) is 0. The number of hydrogen-bond acceptors (Lipinski definition) is 8. The molecule has 8 nitrogen and oxygen atoms in total. The first-order valence-electron chi connectivity index (χ1n) is 3.09. The van der Waals surface area contributed by atoms with Crippen LogP contribution in [0.25, 0.3) is 0 Å². The van der Waals surface area contributed by atoms with Gasteiger partial charge in [0.1, 0.15) is 0 Å². The van der Waals surface area contributed by atoms with E-state index in [0.29, 0.717) is 22.4 Å². The summed E-state index contributed by atoms with van der Waals surface area (Å²) in [7, 11) is 0. The molecule has 8 heteroatoms. The molecule has 0 atom stereocenters. The van der Waals surface area contributed by atoms with Gasteiger partial charge in [0.15, 0.2) is 11.4 Å². The Morgan fingerprint density at radius 2 is 1.17 bits per heavy atom. The molecule has 0 aliphatic carbocycles. The molecular weight excluding hydrogens is 160 g/mol. The maximum absolute atomic E-state index is 3.71. The number of nitrogens with zero attached hydrogens (tertiary/aromatic N) is 8. The Kier molecular flexibility index (Phi) is 0.793. The van der Waals surface area contributed by atoms with E-state index >= 15 is 0 Å². The second-order valence-corrected chi connectivity index (χ2v) is 2.12. The van der Waals surface area contributed by atoms with Crippen molar-refractivity contribution in [3.8, 4) is 0 Å². The van der Waals surface area contributed by atoms with Crippen molar-refractivity contribution < 1.29 is 0 Å². The van der Waals surface area contributed by atoms with Crippen LogP contribution in [0.3, 0.4) is 0 Å². The lowest BCUT2D eigenvalue weighted by atomic mass is 10.4. The van der Waals surface area contributed by atoms with E-state index in [4.69, 9.17) is 0 Å². The Hall–Kier alpha value is -2.12. The lowest BCUT2D eigenvalue weighted by Gasteiger charge is -1.86. The fraction of sp³-hybridized carbons (Fsp3) is 0. The van der Waals surface area contributed by atoms with Gasteiger partial charge in [-0.1, -0.05) is 0 Å². The van der Waals surface area contributed by atoms with Gasteiger partial charge in [0.05, 0.1) is 0 Å². The SMILES string of the molecule is N1=Nc2c3c(nnc2=N1)=NN=N3. The van der Waals surface area contributed by atoms with Crippen LogP contribution in [0.4, 0.5) is 11.4 Å². The van der Waals surface area contributed by atoms with Crippen LogP contribution in [0.5, 0.6) is 0 Å². The highest BCUT2D eigenvalue weighted by Gasteiger charge is 2.15. The zero-order valence-corrected chi connectivity index (χ0v) is 5.58. The third-order valence-corrected chi connectivity index (χ3v) is 1.46. The average Bonchev–Trinajstić information content (AvgIpc) is 2.71. The third-order valence-electron chi connectivity index (χ3n) is 1.46. The Bertz CT molecular complexity index is 476. The van der Waals surface area contributed by atoms with Crippen LogP contribution >= 0.6 is 0 Å². The molecule has 1 aromatic heterocycles. The van der Waals surface area contributed by atoms with Gasteiger partial charge in [-0.3, -0.25) is 0 Å². The summed E-state index contributed by atoms with van der Waals surface area (Å²) in [4.78, 5) is 0. The fourth-order valence-corrected chi connectivity index (χ4v) is 0.939. The van der Waals surface area contributed by atoms with Gasteiger partial charge < -0.3 is 0 Å². The van der Waals surface area contributed by atoms with E-state index in [-0.39, 0.29) is 0 Å². The Labute approximate surface area is 64.5 Å². The first-order valence-corrected chi connectivity index (χ1v) is 3.09. The Balaban J connectivity index is 2.57. The third kappa shape index (κ3) is 0.516. The summed E-state index contributed by atoms with van der Waals surface area (Å²) in [5.74, 6) is 0. The van der Waals surface area contributed by atoms with E-state index in [1.807, 2.05) is 0 Å². The van der Waals surface area contributed by atoms with Crippen molar-refractivity contribution in [2.75, 3.05) is 0 Å². The van der Waals surface area contributed by atoms with E-state index in [9.17, 15) is 0 Å². The van der Waals surface area contributed by atoms with Crippen molar-refractivity contribution >= 4 is 11.4 Å². The summed E-state index contributed by atoms with van der Waals surface area (Å²) in [5.41, 5.74) is 1.71. The van der Waals surface area contributed by atoms with Crippen LogP contribution in [0.15, 0.2) is 30.9 Å². The van der Waals surface area contributed by atoms with Crippen molar-refractivity contribution in [1.82, 2.24) is 10.2 Å². The molecule has 0 aromatic carbocycles. The van der Waals surface area contributed by atoms with Crippen LogP contribution in [0, 0.1) is 0 Å². The highest BCUT2D eigenvalue weighted by molar-refractivity contribution is 5.57. The molecule has 3 heterocycles. The van der Waals surface area contributed by atoms with Crippen molar-refractivity contribution in [3.05, 3.63) is 11.0 Å². The maximum Gasteiger partial charge on any atom is 0.228 e. The standard InChI is InChI=1S/C4N8/c5-1-2-4(10-12-6-2)8-7-3(1)9-11-5. The van der Waals surface area contributed by atoms with Gasteiger partial charge in [-0.15, -0.1) is 30.6 Å². The zero-order valence-electron chi connectivity index (χ0n) is 5.58. The molecule has 2 aliphatic rings. The fourth-order valence-electron chi connectivity index (χ4n) is 0.939. The Morgan fingerprint density at radius 1 is 0.667 bits per heavy atom. The van der Waals surface area contributed by atoms with E-state index in [0.717, 1.165) is 0 Å². The van der Waals surface area contributed by atoms with Crippen LogP contribution in [-0.4, -0.2) is 10.2 Å². The molecule has 12 heavy (non-hydrogen) atoms. The van der Waals surface area contributed by atoms with Crippen molar-refractivity contribution in [2.45, 2.75) is 0 Å². The van der Waals surface area contributed by atoms with E-state index in [1.54, 1.807) is 0 Å². The van der Waals surface area contributed by atoms with Crippen molar-refractivity contribution in [3.63, 3.8) is 0 Å². The number of aromatic nitrogens is 2. The number of rotatable bonds is 0. The van der Waals surface area contributed by atoms with Crippen LogP contribution in [0.1, 0.15) is 0 Å². The smallest absolute Gasteiger partial charge is 0.124 e. The molecule has 0 saturated carbocycles.